The average Bonchev–Trinajstić information content (AvgIpc) is 3.26. The first-order chi connectivity index (χ1) is 10.1. The molecule has 0 aromatic heterocycles. The lowest BCUT2D eigenvalue weighted by Gasteiger charge is -2.20. The van der Waals surface area contributed by atoms with Crippen LogP contribution in [0.2, 0.25) is 5.02 Å². The zero-order chi connectivity index (χ0) is 15.0. The zero-order valence-corrected chi connectivity index (χ0v) is 13.6. The van der Waals surface area contributed by atoms with Gasteiger partial charge in [0.15, 0.2) is 0 Å². The third-order valence-electron chi connectivity index (χ3n) is 4.69. The van der Waals surface area contributed by atoms with E-state index >= 15 is 0 Å². The van der Waals surface area contributed by atoms with Gasteiger partial charge in [-0.25, -0.2) is 0 Å². The zero-order valence-electron chi connectivity index (χ0n) is 12.9. The Morgan fingerprint density at radius 3 is 2.48 bits per heavy atom. The average molecular weight is 300 g/mol. The van der Waals surface area contributed by atoms with Crippen LogP contribution >= 0.6 is 11.6 Å². The third-order valence-corrected chi connectivity index (χ3v) is 5.10. The number of rotatable bonds is 4. The van der Waals surface area contributed by atoms with E-state index in [1.807, 2.05) is 0 Å². The van der Waals surface area contributed by atoms with Gasteiger partial charge >= 0.3 is 0 Å². The molecule has 21 heavy (non-hydrogen) atoms. The van der Waals surface area contributed by atoms with Crippen LogP contribution in [0.5, 0.6) is 0 Å². The quantitative estimate of drug-likeness (QED) is 0.836. The van der Waals surface area contributed by atoms with E-state index in [9.17, 15) is 0 Å². The molecule has 1 aliphatic carbocycles. The third kappa shape index (κ3) is 2.86. The van der Waals surface area contributed by atoms with Crippen LogP contribution in [0.4, 0.5) is 0 Å². The molecule has 0 saturated heterocycles. The van der Waals surface area contributed by atoms with Crippen molar-refractivity contribution in [3.63, 3.8) is 0 Å². The molecule has 1 fully saturated rings. The molecule has 0 amide bonds. The van der Waals surface area contributed by atoms with Gasteiger partial charge in [-0.3, -0.25) is 0 Å². The fraction of sp³-hybridized carbons (Fsp3) is 0.368. The molecule has 2 heteroatoms. The highest BCUT2D eigenvalue weighted by atomic mass is 35.5. The topological polar surface area (TPSA) is 12.0 Å². The van der Waals surface area contributed by atoms with Gasteiger partial charge in [-0.1, -0.05) is 48.0 Å². The van der Waals surface area contributed by atoms with E-state index < -0.39 is 0 Å². The van der Waals surface area contributed by atoms with Crippen LogP contribution < -0.4 is 5.32 Å². The molecule has 1 nitrogen and oxygen atoms in total. The van der Waals surface area contributed by atoms with Crippen molar-refractivity contribution in [1.82, 2.24) is 5.32 Å². The Hall–Kier alpha value is -1.31. The normalized spacial score (nSPS) is 22.1. The summed E-state index contributed by atoms with van der Waals surface area (Å²) in [5, 5.41) is 4.39. The Morgan fingerprint density at radius 1 is 1.10 bits per heavy atom. The summed E-state index contributed by atoms with van der Waals surface area (Å²) < 4.78 is 0. The first-order valence-electron chi connectivity index (χ1n) is 7.60. The molecule has 0 spiro atoms. The van der Waals surface area contributed by atoms with Gasteiger partial charge in [0.05, 0.1) is 0 Å². The van der Waals surface area contributed by atoms with Gasteiger partial charge in [0.2, 0.25) is 0 Å². The highest BCUT2D eigenvalue weighted by Crippen LogP contribution is 2.54. The van der Waals surface area contributed by atoms with Gasteiger partial charge in [0.1, 0.15) is 0 Å². The van der Waals surface area contributed by atoms with Crippen molar-refractivity contribution in [3.05, 3.63) is 69.7 Å². The maximum atomic E-state index is 6.23. The smallest absolute Gasteiger partial charge is 0.0438 e. The highest BCUT2D eigenvalue weighted by Gasteiger charge is 2.44. The molecule has 110 valence electrons. The monoisotopic (exact) mass is 299 g/mol. The van der Waals surface area contributed by atoms with E-state index in [1.165, 1.54) is 23.1 Å². The van der Waals surface area contributed by atoms with Gasteiger partial charge in [-0.2, -0.15) is 0 Å². The van der Waals surface area contributed by atoms with E-state index in [-0.39, 0.29) is 0 Å². The minimum atomic E-state index is 0.408. The summed E-state index contributed by atoms with van der Waals surface area (Å²) in [6.45, 7) is 4.24. The SMILES string of the molecule is CNC(c1cc(C)c(Cl)cc1C)C1CC1c1ccccc1. The molecule has 3 rings (SSSR count). The number of hydrogen-bond acceptors (Lipinski definition) is 1. The minimum absolute atomic E-state index is 0.408. The van der Waals surface area contributed by atoms with Crippen LogP contribution in [-0.2, 0) is 0 Å². The van der Waals surface area contributed by atoms with Gasteiger partial charge in [-0.05, 0) is 67.5 Å². The van der Waals surface area contributed by atoms with E-state index in [4.69, 9.17) is 11.6 Å². The number of nitrogens with one attached hydrogen (secondary N) is 1. The Bertz CT molecular complexity index is 636. The summed E-state index contributed by atoms with van der Waals surface area (Å²) in [7, 11) is 2.06. The Balaban J connectivity index is 1.86. The predicted octanol–water partition coefficient (Wildman–Crippen LogP) is 5.02. The van der Waals surface area contributed by atoms with Crippen molar-refractivity contribution in [2.45, 2.75) is 32.2 Å². The standard InChI is InChI=1S/C19H22ClN/c1-12-10-18(20)13(2)9-15(12)19(21-3)17-11-16(17)14-7-5-4-6-8-14/h4-10,16-17,19,21H,11H2,1-3H3. The number of benzene rings is 2. The summed E-state index contributed by atoms with van der Waals surface area (Å²) in [6, 6.07) is 15.6. The van der Waals surface area contributed by atoms with Gasteiger partial charge < -0.3 is 5.32 Å². The maximum absolute atomic E-state index is 6.23. The molecule has 1 aliphatic rings. The second kappa shape index (κ2) is 5.82. The molecular formula is C19H22ClN. The lowest BCUT2D eigenvalue weighted by atomic mass is 9.94. The fourth-order valence-corrected chi connectivity index (χ4v) is 3.62. The van der Waals surface area contributed by atoms with Crippen molar-refractivity contribution in [3.8, 4) is 0 Å². The summed E-state index contributed by atoms with van der Waals surface area (Å²) >= 11 is 6.23. The van der Waals surface area contributed by atoms with Crippen molar-refractivity contribution in [2.24, 2.45) is 5.92 Å². The number of hydrogen-bond donors (Lipinski definition) is 1. The van der Waals surface area contributed by atoms with Crippen LogP contribution in [0, 0.1) is 19.8 Å². The fourth-order valence-electron chi connectivity index (χ4n) is 3.41. The van der Waals surface area contributed by atoms with E-state index in [2.05, 4.69) is 68.7 Å². The molecular weight excluding hydrogens is 278 g/mol. The first kappa shape index (κ1) is 14.6. The Kier molecular flexibility index (Phi) is 4.05. The molecule has 0 aliphatic heterocycles. The second-order valence-corrected chi connectivity index (χ2v) is 6.55. The van der Waals surface area contributed by atoms with Crippen LogP contribution in [-0.4, -0.2) is 7.05 Å². The molecule has 2 aromatic rings. The summed E-state index contributed by atoms with van der Waals surface area (Å²) in [6.07, 6.45) is 1.26. The van der Waals surface area contributed by atoms with Gasteiger partial charge in [-0.15, -0.1) is 0 Å². The van der Waals surface area contributed by atoms with Crippen molar-refractivity contribution >= 4 is 11.6 Å². The molecule has 3 atom stereocenters. The molecule has 3 unspecified atom stereocenters. The van der Waals surface area contributed by atoms with Gasteiger partial charge in [0.25, 0.3) is 0 Å². The predicted molar refractivity (Wildman–Crippen MR) is 90.0 cm³/mol. The second-order valence-electron chi connectivity index (χ2n) is 6.14. The molecule has 1 saturated carbocycles. The van der Waals surface area contributed by atoms with Crippen LogP contribution in [0.3, 0.4) is 0 Å². The maximum Gasteiger partial charge on any atom is 0.0438 e. The summed E-state index contributed by atoms with van der Waals surface area (Å²) in [4.78, 5) is 0. The van der Waals surface area contributed by atoms with E-state index in [0.717, 1.165) is 10.6 Å². The number of aryl methyl sites for hydroxylation is 2. The van der Waals surface area contributed by atoms with Gasteiger partial charge in [0, 0.05) is 11.1 Å². The van der Waals surface area contributed by atoms with Crippen molar-refractivity contribution in [1.29, 1.82) is 0 Å². The van der Waals surface area contributed by atoms with Crippen molar-refractivity contribution in [2.75, 3.05) is 7.05 Å². The summed E-state index contributed by atoms with van der Waals surface area (Å²) in [5.74, 6) is 1.36. The first-order valence-corrected chi connectivity index (χ1v) is 7.98. The van der Waals surface area contributed by atoms with E-state index in [0.29, 0.717) is 17.9 Å². The molecule has 0 bridgehead atoms. The van der Waals surface area contributed by atoms with E-state index in [1.54, 1.807) is 0 Å². The molecule has 0 radical (unpaired) electrons. The molecule has 2 aromatic carbocycles. The molecule has 1 N–H and O–H groups in total. The minimum Gasteiger partial charge on any atom is -0.313 e. The summed E-state index contributed by atoms with van der Waals surface area (Å²) in [5.41, 5.74) is 5.30. The molecule has 0 heterocycles. The van der Waals surface area contributed by atoms with Crippen molar-refractivity contribution < 1.29 is 0 Å². The number of halogens is 1. The Morgan fingerprint density at radius 2 is 1.81 bits per heavy atom. The highest BCUT2D eigenvalue weighted by molar-refractivity contribution is 6.31. The van der Waals surface area contributed by atoms with Crippen LogP contribution in [0.1, 0.15) is 40.6 Å². The lowest BCUT2D eigenvalue weighted by molar-refractivity contribution is 0.515. The Labute approximate surface area is 132 Å². The largest absolute Gasteiger partial charge is 0.313 e. The van der Waals surface area contributed by atoms with Crippen LogP contribution in [0.25, 0.3) is 0 Å². The van der Waals surface area contributed by atoms with Crippen LogP contribution in [0.15, 0.2) is 42.5 Å². The lowest BCUT2D eigenvalue weighted by Crippen LogP contribution is -2.20.